The number of hydrogen-bond donors (Lipinski definition) is 2. The maximum absolute atomic E-state index is 11.7. The van der Waals surface area contributed by atoms with Gasteiger partial charge in [0, 0.05) is 17.3 Å². The standard InChI is InChI=1S/C11H11N3O2/c1-7-6-10(16-14-7)13-11(15)8-2-4-9(12)5-3-8/h2-6H,12H2,1H3,(H,13,15). The van der Waals surface area contributed by atoms with Crippen molar-refractivity contribution >= 4 is 17.5 Å². The van der Waals surface area contributed by atoms with Gasteiger partial charge in [0.15, 0.2) is 0 Å². The molecule has 0 spiro atoms. The molecule has 5 nitrogen and oxygen atoms in total. The van der Waals surface area contributed by atoms with Crippen molar-refractivity contribution in [3.8, 4) is 0 Å². The van der Waals surface area contributed by atoms with E-state index in [0.717, 1.165) is 0 Å². The van der Waals surface area contributed by atoms with Gasteiger partial charge in [0.2, 0.25) is 5.88 Å². The zero-order chi connectivity index (χ0) is 11.5. The minimum absolute atomic E-state index is 0.254. The first-order chi connectivity index (χ1) is 7.65. The Labute approximate surface area is 92.2 Å². The number of aromatic nitrogens is 1. The number of amides is 1. The number of nitrogens with zero attached hydrogens (tertiary/aromatic N) is 1. The van der Waals surface area contributed by atoms with Crippen LogP contribution in [0.3, 0.4) is 0 Å². The molecule has 3 N–H and O–H groups in total. The van der Waals surface area contributed by atoms with Crippen LogP contribution >= 0.6 is 0 Å². The Morgan fingerprint density at radius 3 is 2.62 bits per heavy atom. The average molecular weight is 217 g/mol. The van der Waals surface area contributed by atoms with E-state index in [1.54, 1.807) is 37.3 Å². The summed E-state index contributed by atoms with van der Waals surface area (Å²) >= 11 is 0. The lowest BCUT2D eigenvalue weighted by atomic mass is 10.2. The Morgan fingerprint density at radius 1 is 1.38 bits per heavy atom. The predicted molar refractivity (Wildman–Crippen MR) is 60.0 cm³/mol. The molecule has 5 heteroatoms. The van der Waals surface area contributed by atoms with E-state index in [9.17, 15) is 4.79 Å². The summed E-state index contributed by atoms with van der Waals surface area (Å²) < 4.78 is 4.87. The molecular weight excluding hydrogens is 206 g/mol. The Kier molecular flexibility index (Phi) is 2.59. The molecule has 2 aromatic rings. The van der Waals surface area contributed by atoms with Crippen molar-refractivity contribution in [2.45, 2.75) is 6.92 Å². The summed E-state index contributed by atoms with van der Waals surface area (Å²) in [4.78, 5) is 11.7. The smallest absolute Gasteiger partial charge is 0.258 e. The van der Waals surface area contributed by atoms with Gasteiger partial charge in [0.25, 0.3) is 5.91 Å². The maximum atomic E-state index is 11.7. The van der Waals surface area contributed by atoms with Crippen molar-refractivity contribution < 1.29 is 9.32 Å². The van der Waals surface area contributed by atoms with E-state index in [0.29, 0.717) is 22.8 Å². The molecule has 2 rings (SSSR count). The van der Waals surface area contributed by atoms with Crippen LogP contribution in [0.25, 0.3) is 0 Å². The second-order valence-corrected chi connectivity index (χ2v) is 3.41. The third-order valence-electron chi connectivity index (χ3n) is 2.04. The van der Waals surface area contributed by atoms with E-state index in [4.69, 9.17) is 10.3 Å². The molecular formula is C11H11N3O2. The first-order valence-corrected chi connectivity index (χ1v) is 4.75. The van der Waals surface area contributed by atoms with Crippen molar-refractivity contribution in [1.82, 2.24) is 5.16 Å². The van der Waals surface area contributed by atoms with Crippen molar-refractivity contribution in [3.05, 3.63) is 41.6 Å². The zero-order valence-corrected chi connectivity index (χ0v) is 8.73. The highest BCUT2D eigenvalue weighted by Gasteiger charge is 2.08. The predicted octanol–water partition coefficient (Wildman–Crippen LogP) is 1.82. The van der Waals surface area contributed by atoms with Gasteiger partial charge in [0.05, 0.1) is 5.69 Å². The lowest BCUT2D eigenvalue weighted by Crippen LogP contribution is -2.11. The number of nitrogen functional groups attached to an aromatic ring is 1. The molecule has 0 saturated heterocycles. The van der Waals surface area contributed by atoms with Crippen LogP contribution in [0.4, 0.5) is 11.6 Å². The van der Waals surface area contributed by atoms with Gasteiger partial charge in [-0.1, -0.05) is 5.16 Å². The van der Waals surface area contributed by atoms with Crippen LogP contribution in [0, 0.1) is 6.92 Å². The number of nitrogens with two attached hydrogens (primary N) is 1. The fraction of sp³-hybridized carbons (Fsp3) is 0.0909. The number of carbonyl (C=O) groups is 1. The van der Waals surface area contributed by atoms with Gasteiger partial charge < -0.3 is 10.3 Å². The molecule has 0 unspecified atom stereocenters. The van der Waals surface area contributed by atoms with Crippen molar-refractivity contribution in [1.29, 1.82) is 0 Å². The number of aryl methyl sites for hydroxylation is 1. The summed E-state index contributed by atoms with van der Waals surface area (Å²) in [5.74, 6) is 0.0791. The van der Waals surface area contributed by atoms with Gasteiger partial charge in [-0.15, -0.1) is 0 Å². The summed E-state index contributed by atoms with van der Waals surface area (Å²) in [6.07, 6.45) is 0. The average Bonchev–Trinajstić information content (AvgIpc) is 2.65. The van der Waals surface area contributed by atoms with Gasteiger partial charge in [-0.2, -0.15) is 0 Å². The molecule has 0 saturated carbocycles. The van der Waals surface area contributed by atoms with Crippen molar-refractivity contribution in [3.63, 3.8) is 0 Å². The third-order valence-corrected chi connectivity index (χ3v) is 2.04. The summed E-state index contributed by atoms with van der Waals surface area (Å²) in [6.45, 7) is 1.78. The van der Waals surface area contributed by atoms with E-state index >= 15 is 0 Å². The van der Waals surface area contributed by atoms with E-state index in [1.165, 1.54) is 0 Å². The highest BCUT2D eigenvalue weighted by molar-refractivity contribution is 6.03. The molecule has 0 aliphatic carbocycles. The van der Waals surface area contributed by atoms with E-state index in [1.807, 2.05) is 0 Å². The highest BCUT2D eigenvalue weighted by Crippen LogP contribution is 2.11. The molecule has 1 aromatic heterocycles. The van der Waals surface area contributed by atoms with Crippen LogP contribution in [0.1, 0.15) is 16.1 Å². The number of nitrogens with one attached hydrogen (secondary N) is 1. The molecule has 1 amide bonds. The monoisotopic (exact) mass is 217 g/mol. The van der Waals surface area contributed by atoms with Gasteiger partial charge in [-0.3, -0.25) is 10.1 Å². The number of rotatable bonds is 2. The molecule has 1 aromatic carbocycles. The fourth-order valence-corrected chi connectivity index (χ4v) is 1.24. The molecule has 0 fully saturated rings. The van der Waals surface area contributed by atoms with E-state index < -0.39 is 0 Å². The molecule has 0 radical (unpaired) electrons. The molecule has 16 heavy (non-hydrogen) atoms. The van der Waals surface area contributed by atoms with Crippen molar-refractivity contribution in [2.75, 3.05) is 11.1 Å². The van der Waals surface area contributed by atoms with Gasteiger partial charge in [0.1, 0.15) is 0 Å². The minimum Gasteiger partial charge on any atom is -0.399 e. The van der Waals surface area contributed by atoms with Crippen LogP contribution in [0.2, 0.25) is 0 Å². The first kappa shape index (κ1) is 10.2. The summed E-state index contributed by atoms with van der Waals surface area (Å²) in [7, 11) is 0. The quantitative estimate of drug-likeness (QED) is 0.752. The summed E-state index contributed by atoms with van der Waals surface area (Å²) in [5, 5.41) is 6.26. The number of carbonyl (C=O) groups excluding carboxylic acids is 1. The first-order valence-electron chi connectivity index (χ1n) is 4.75. The minimum atomic E-state index is -0.254. The second kappa shape index (κ2) is 4.06. The van der Waals surface area contributed by atoms with Crippen LogP contribution in [-0.4, -0.2) is 11.1 Å². The maximum Gasteiger partial charge on any atom is 0.258 e. The third kappa shape index (κ3) is 2.20. The van der Waals surface area contributed by atoms with Crippen LogP contribution in [0.15, 0.2) is 34.9 Å². The fourth-order valence-electron chi connectivity index (χ4n) is 1.24. The molecule has 0 aliphatic heterocycles. The Balaban J connectivity index is 2.11. The van der Waals surface area contributed by atoms with Gasteiger partial charge in [-0.05, 0) is 31.2 Å². The second-order valence-electron chi connectivity index (χ2n) is 3.41. The molecule has 0 atom stereocenters. The van der Waals surface area contributed by atoms with E-state index in [2.05, 4.69) is 10.5 Å². The highest BCUT2D eigenvalue weighted by atomic mass is 16.5. The van der Waals surface area contributed by atoms with Crippen molar-refractivity contribution in [2.24, 2.45) is 0 Å². The number of anilines is 2. The van der Waals surface area contributed by atoms with Gasteiger partial charge >= 0.3 is 0 Å². The molecule has 82 valence electrons. The zero-order valence-electron chi connectivity index (χ0n) is 8.73. The largest absolute Gasteiger partial charge is 0.399 e. The lowest BCUT2D eigenvalue weighted by molar-refractivity contribution is 0.102. The van der Waals surface area contributed by atoms with Crippen LogP contribution < -0.4 is 11.1 Å². The topological polar surface area (TPSA) is 81.2 Å². The van der Waals surface area contributed by atoms with Crippen LogP contribution in [0.5, 0.6) is 0 Å². The summed E-state index contributed by atoms with van der Waals surface area (Å²) in [5.41, 5.74) is 7.37. The van der Waals surface area contributed by atoms with E-state index in [-0.39, 0.29) is 5.91 Å². The SMILES string of the molecule is Cc1cc(NC(=O)c2ccc(N)cc2)on1. The number of benzene rings is 1. The lowest BCUT2D eigenvalue weighted by Gasteiger charge is -2.01. The molecule has 0 bridgehead atoms. The van der Waals surface area contributed by atoms with Gasteiger partial charge in [-0.25, -0.2) is 0 Å². The molecule has 0 aliphatic rings. The normalized spacial score (nSPS) is 10.1. The van der Waals surface area contributed by atoms with Crippen LogP contribution in [-0.2, 0) is 0 Å². The Bertz CT molecular complexity index is 502. The Hall–Kier alpha value is -2.30. The molecule has 1 heterocycles. The number of hydrogen-bond acceptors (Lipinski definition) is 4. The Morgan fingerprint density at radius 2 is 2.06 bits per heavy atom. The summed E-state index contributed by atoms with van der Waals surface area (Å²) in [6, 6.07) is 8.28.